The molecule has 0 aliphatic rings. The summed E-state index contributed by atoms with van der Waals surface area (Å²) in [4.78, 5) is 2.42. The minimum Gasteiger partial charge on any atom is -0.488 e. The lowest BCUT2D eigenvalue weighted by atomic mass is 10.2. The molecule has 0 bridgehead atoms. The van der Waals surface area contributed by atoms with E-state index in [4.69, 9.17) is 4.74 Å². The van der Waals surface area contributed by atoms with Crippen LogP contribution in [-0.4, -0.2) is 31.1 Å². The zero-order chi connectivity index (χ0) is 18.8. The van der Waals surface area contributed by atoms with Crippen LogP contribution in [0.5, 0.6) is 5.75 Å². The second kappa shape index (κ2) is 15.1. The SMILES string of the molecule is CCN(CC)CCCNCc1cc(Br)ccc1OCc1ccccc1F.Cl.Cl. The standard InChI is InChI=1S/C21H28BrFN2O.2ClH/c1-3-25(4-2)13-7-12-24-15-18-14-19(22)10-11-21(18)26-16-17-8-5-6-9-20(17)23;;/h5-6,8-11,14,24H,3-4,7,12-13,15-16H2,1-2H3;2*1H. The van der Waals surface area contributed by atoms with Crippen molar-refractivity contribution in [1.82, 2.24) is 10.2 Å². The first-order valence-corrected chi connectivity index (χ1v) is 10.0. The fourth-order valence-corrected chi connectivity index (χ4v) is 3.20. The van der Waals surface area contributed by atoms with E-state index in [0.717, 1.165) is 54.9 Å². The summed E-state index contributed by atoms with van der Waals surface area (Å²) >= 11 is 3.51. The van der Waals surface area contributed by atoms with Crippen LogP contribution in [0.4, 0.5) is 4.39 Å². The normalized spacial score (nSPS) is 10.3. The molecule has 0 atom stereocenters. The van der Waals surface area contributed by atoms with E-state index in [-0.39, 0.29) is 37.2 Å². The van der Waals surface area contributed by atoms with Crippen LogP contribution in [0.15, 0.2) is 46.9 Å². The highest BCUT2D eigenvalue weighted by atomic mass is 79.9. The number of ether oxygens (including phenoxy) is 1. The summed E-state index contributed by atoms with van der Waals surface area (Å²) in [5.41, 5.74) is 1.63. The van der Waals surface area contributed by atoms with E-state index in [1.807, 2.05) is 24.3 Å². The molecule has 2 rings (SSSR count). The summed E-state index contributed by atoms with van der Waals surface area (Å²) < 4.78 is 20.7. The molecule has 0 amide bonds. The Morgan fingerprint density at radius 1 is 1.04 bits per heavy atom. The van der Waals surface area contributed by atoms with Crippen molar-refractivity contribution in [2.75, 3.05) is 26.2 Å². The molecule has 0 heterocycles. The Balaban J connectivity index is 0.00000364. The van der Waals surface area contributed by atoms with Crippen LogP contribution in [0.2, 0.25) is 0 Å². The zero-order valence-electron chi connectivity index (χ0n) is 16.4. The summed E-state index contributed by atoms with van der Waals surface area (Å²) in [5.74, 6) is 0.549. The van der Waals surface area contributed by atoms with Crippen LogP contribution in [0, 0.1) is 5.82 Å². The highest BCUT2D eigenvalue weighted by Gasteiger charge is 2.07. The Morgan fingerprint density at radius 3 is 2.43 bits per heavy atom. The van der Waals surface area contributed by atoms with Crippen LogP contribution in [0.25, 0.3) is 0 Å². The third-order valence-corrected chi connectivity index (χ3v) is 4.89. The van der Waals surface area contributed by atoms with Gasteiger partial charge in [-0.15, -0.1) is 24.8 Å². The number of hydrogen-bond acceptors (Lipinski definition) is 3. The second-order valence-corrected chi connectivity index (χ2v) is 7.11. The van der Waals surface area contributed by atoms with Gasteiger partial charge < -0.3 is 15.0 Å². The van der Waals surface area contributed by atoms with E-state index in [1.165, 1.54) is 6.07 Å². The van der Waals surface area contributed by atoms with Gasteiger partial charge in [0.05, 0.1) is 0 Å². The fraction of sp³-hybridized carbons (Fsp3) is 0.429. The summed E-state index contributed by atoms with van der Waals surface area (Å²) in [7, 11) is 0. The molecule has 158 valence electrons. The molecule has 0 spiro atoms. The molecule has 28 heavy (non-hydrogen) atoms. The van der Waals surface area contributed by atoms with Crippen LogP contribution >= 0.6 is 40.7 Å². The fourth-order valence-electron chi connectivity index (χ4n) is 2.79. The maximum absolute atomic E-state index is 13.8. The van der Waals surface area contributed by atoms with Crippen molar-refractivity contribution in [2.24, 2.45) is 0 Å². The topological polar surface area (TPSA) is 24.5 Å². The van der Waals surface area contributed by atoms with E-state index < -0.39 is 0 Å². The number of hydrogen-bond donors (Lipinski definition) is 1. The molecule has 3 nitrogen and oxygen atoms in total. The first kappa shape index (κ1) is 27.1. The molecule has 0 aliphatic carbocycles. The Kier molecular flexibility index (Phi) is 14.6. The average Bonchev–Trinajstić information content (AvgIpc) is 2.65. The lowest BCUT2D eigenvalue weighted by molar-refractivity contribution is 0.293. The predicted molar refractivity (Wildman–Crippen MR) is 123 cm³/mol. The van der Waals surface area contributed by atoms with Crippen molar-refractivity contribution in [3.05, 3.63) is 63.9 Å². The van der Waals surface area contributed by atoms with Gasteiger partial charge in [-0.25, -0.2) is 4.39 Å². The summed E-state index contributed by atoms with van der Waals surface area (Å²) in [6, 6.07) is 12.6. The molecular formula is C21H30BrCl2FN2O. The minimum atomic E-state index is -0.235. The van der Waals surface area contributed by atoms with E-state index >= 15 is 0 Å². The van der Waals surface area contributed by atoms with E-state index in [0.29, 0.717) is 5.56 Å². The van der Waals surface area contributed by atoms with Gasteiger partial charge in [0.2, 0.25) is 0 Å². The average molecular weight is 496 g/mol. The van der Waals surface area contributed by atoms with Crippen molar-refractivity contribution in [1.29, 1.82) is 0 Å². The Hall–Kier alpha value is -0.850. The van der Waals surface area contributed by atoms with E-state index in [9.17, 15) is 4.39 Å². The molecular weight excluding hydrogens is 466 g/mol. The van der Waals surface area contributed by atoms with Crippen molar-refractivity contribution >= 4 is 40.7 Å². The Bertz CT molecular complexity index is 687. The largest absolute Gasteiger partial charge is 0.488 e. The quantitative estimate of drug-likeness (QED) is 0.396. The van der Waals surface area contributed by atoms with Gasteiger partial charge in [0, 0.05) is 22.1 Å². The minimum absolute atomic E-state index is 0. The van der Waals surface area contributed by atoms with Gasteiger partial charge in [-0.3, -0.25) is 0 Å². The van der Waals surface area contributed by atoms with Crippen LogP contribution in [0.3, 0.4) is 0 Å². The van der Waals surface area contributed by atoms with Crippen molar-refractivity contribution in [2.45, 2.75) is 33.4 Å². The number of nitrogens with zero attached hydrogens (tertiary/aromatic N) is 1. The zero-order valence-corrected chi connectivity index (χ0v) is 19.6. The molecule has 0 fully saturated rings. The molecule has 0 aromatic heterocycles. The van der Waals surface area contributed by atoms with Gasteiger partial charge in [-0.2, -0.15) is 0 Å². The molecule has 0 saturated carbocycles. The molecule has 7 heteroatoms. The lowest BCUT2D eigenvalue weighted by Crippen LogP contribution is -2.27. The monoisotopic (exact) mass is 494 g/mol. The number of halogens is 4. The molecule has 0 saturated heterocycles. The summed E-state index contributed by atoms with van der Waals surface area (Å²) in [6.07, 6.45) is 1.11. The highest BCUT2D eigenvalue weighted by Crippen LogP contribution is 2.24. The number of rotatable bonds is 11. The lowest BCUT2D eigenvalue weighted by Gasteiger charge is -2.18. The summed E-state index contributed by atoms with van der Waals surface area (Å²) in [5, 5.41) is 3.48. The van der Waals surface area contributed by atoms with Crippen molar-refractivity contribution in [3.8, 4) is 5.75 Å². The van der Waals surface area contributed by atoms with Gasteiger partial charge in [-0.05, 0) is 56.9 Å². The molecule has 0 unspecified atom stereocenters. The van der Waals surface area contributed by atoms with Crippen LogP contribution < -0.4 is 10.1 Å². The van der Waals surface area contributed by atoms with Gasteiger partial charge in [0.15, 0.2) is 0 Å². The Morgan fingerprint density at radius 2 is 1.75 bits per heavy atom. The number of nitrogens with one attached hydrogen (secondary N) is 1. The Labute approximate surface area is 189 Å². The maximum atomic E-state index is 13.8. The molecule has 2 aromatic rings. The third kappa shape index (κ3) is 9.10. The van der Waals surface area contributed by atoms with Gasteiger partial charge in [0.1, 0.15) is 18.2 Å². The first-order valence-electron chi connectivity index (χ1n) is 9.21. The molecule has 1 N–H and O–H groups in total. The molecule has 0 radical (unpaired) electrons. The van der Waals surface area contributed by atoms with Gasteiger partial charge in [0.25, 0.3) is 0 Å². The van der Waals surface area contributed by atoms with E-state index in [2.05, 4.69) is 40.0 Å². The summed E-state index contributed by atoms with van der Waals surface area (Å²) in [6.45, 7) is 9.58. The van der Waals surface area contributed by atoms with Crippen LogP contribution in [0.1, 0.15) is 31.4 Å². The van der Waals surface area contributed by atoms with Crippen molar-refractivity contribution < 1.29 is 9.13 Å². The van der Waals surface area contributed by atoms with Gasteiger partial charge in [-0.1, -0.05) is 48.0 Å². The first-order chi connectivity index (χ1) is 12.6. The van der Waals surface area contributed by atoms with Gasteiger partial charge >= 0.3 is 0 Å². The van der Waals surface area contributed by atoms with Crippen LogP contribution in [-0.2, 0) is 13.2 Å². The predicted octanol–water partition coefficient (Wildman–Crippen LogP) is 5.83. The number of benzene rings is 2. The smallest absolute Gasteiger partial charge is 0.129 e. The maximum Gasteiger partial charge on any atom is 0.129 e. The second-order valence-electron chi connectivity index (χ2n) is 6.19. The molecule has 2 aromatic carbocycles. The molecule has 0 aliphatic heterocycles. The highest BCUT2D eigenvalue weighted by molar-refractivity contribution is 9.10. The van der Waals surface area contributed by atoms with Crippen molar-refractivity contribution in [3.63, 3.8) is 0 Å². The third-order valence-electron chi connectivity index (χ3n) is 4.40. The van der Waals surface area contributed by atoms with E-state index in [1.54, 1.807) is 12.1 Å².